The lowest BCUT2D eigenvalue weighted by atomic mass is 9.94. The first-order valence-electron chi connectivity index (χ1n) is 8.27. The number of aryl methyl sites for hydroxylation is 1. The Balaban J connectivity index is 1.90. The number of rotatable bonds is 4. The minimum absolute atomic E-state index is 0.318. The molecule has 0 spiro atoms. The molecule has 3 heterocycles. The van der Waals surface area contributed by atoms with Crippen molar-refractivity contribution in [1.29, 1.82) is 0 Å². The topological polar surface area (TPSA) is 56.7 Å². The second-order valence-corrected chi connectivity index (χ2v) is 6.43. The Labute approximate surface area is 131 Å². The van der Waals surface area contributed by atoms with Gasteiger partial charge >= 0.3 is 5.97 Å². The van der Waals surface area contributed by atoms with Gasteiger partial charge in [0.1, 0.15) is 6.04 Å². The van der Waals surface area contributed by atoms with Crippen molar-refractivity contribution in [2.45, 2.75) is 51.2 Å². The molecule has 3 rings (SSSR count). The van der Waals surface area contributed by atoms with Crippen molar-refractivity contribution in [3.8, 4) is 0 Å². The van der Waals surface area contributed by atoms with Gasteiger partial charge in [0.15, 0.2) is 0 Å². The van der Waals surface area contributed by atoms with E-state index in [0.29, 0.717) is 12.1 Å². The van der Waals surface area contributed by atoms with Crippen LogP contribution in [0.1, 0.15) is 43.5 Å². The number of nitrogens with zero attached hydrogens (tertiary/aromatic N) is 3. The summed E-state index contributed by atoms with van der Waals surface area (Å²) in [5, 5.41) is 9.82. The predicted molar refractivity (Wildman–Crippen MR) is 84.7 cm³/mol. The Morgan fingerprint density at radius 2 is 2.23 bits per heavy atom. The molecule has 2 aliphatic heterocycles. The van der Waals surface area contributed by atoms with Gasteiger partial charge < -0.3 is 5.11 Å². The van der Waals surface area contributed by atoms with Crippen molar-refractivity contribution in [2.75, 3.05) is 19.6 Å². The summed E-state index contributed by atoms with van der Waals surface area (Å²) < 4.78 is 0. The third-order valence-corrected chi connectivity index (χ3v) is 5.16. The summed E-state index contributed by atoms with van der Waals surface area (Å²) in [5.74, 6) is -0.768. The van der Waals surface area contributed by atoms with E-state index in [1.54, 1.807) is 6.20 Å². The summed E-state index contributed by atoms with van der Waals surface area (Å²) >= 11 is 0. The molecule has 1 aromatic rings. The summed E-state index contributed by atoms with van der Waals surface area (Å²) in [4.78, 5) is 21.0. The fourth-order valence-corrected chi connectivity index (χ4v) is 4.14. The van der Waals surface area contributed by atoms with Gasteiger partial charge in [-0.1, -0.05) is 13.0 Å². The van der Waals surface area contributed by atoms with Gasteiger partial charge in [-0.15, -0.1) is 0 Å². The van der Waals surface area contributed by atoms with E-state index in [2.05, 4.69) is 21.7 Å². The normalized spacial score (nSPS) is 27.5. The van der Waals surface area contributed by atoms with Crippen LogP contribution in [0.3, 0.4) is 0 Å². The molecule has 2 saturated heterocycles. The molecule has 2 fully saturated rings. The molecule has 5 nitrogen and oxygen atoms in total. The number of aromatic nitrogens is 1. The standard InChI is InChI=1S/C17H25N3O2/c1-3-14-15-5-4-8-19(15)9-10-20(14)16(17(21)22)13-7-6-12(2)18-11-13/h6-7,11,14-16H,3-5,8-10H2,1-2H3,(H,21,22). The van der Waals surface area contributed by atoms with Crippen molar-refractivity contribution in [2.24, 2.45) is 0 Å². The molecule has 5 heteroatoms. The number of piperazine rings is 1. The van der Waals surface area contributed by atoms with Crippen molar-refractivity contribution >= 4 is 5.97 Å². The first kappa shape index (κ1) is 15.4. The zero-order valence-electron chi connectivity index (χ0n) is 13.4. The molecule has 2 aliphatic rings. The van der Waals surface area contributed by atoms with Crippen LogP contribution >= 0.6 is 0 Å². The minimum atomic E-state index is -0.768. The number of hydrogen-bond acceptors (Lipinski definition) is 4. The Kier molecular flexibility index (Phi) is 4.45. The summed E-state index contributed by atoms with van der Waals surface area (Å²) in [6.07, 6.45) is 5.14. The second-order valence-electron chi connectivity index (χ2n) is 6.43. The van der Waals surface area contributed by atoms with Crippen molar-refractivity contribution in [1.82, 2.24) is 14.8 Å². The van der Waals surface area contributed by atoms with Crippen LogP contribution in [-0.2, 0) is 4.79 Å². The van der Waals surface area contributed by atoms with Crippen molar-refractivity contribution in [3.05, 3.63) is 29.6 Å². The van der Waals surface area contributed by atoms with Gasteiger partial charge in [0.2, 0.25) is 0 Å². The first-order chi connectivity index (χ1) is 10.6. The first-order valence-corrected chi connectivity index (χ1v) is 8.27. The maximum atomic E-state index is 12.0. The van der Waals surface area contributed by atoms with Gasteiger partial charge in [-0.25, -0.2) is 0 Å². The van der Waals surface area contributed by atoms with E-state index in [0.717, 1.165) is 30.8 Å². The minimum Gasteiger partial charge on any atom is -0.480 e. The third-order valence-electron chi connectivity index (χ3n) is 5.16. The highest BCUT2D eigenvalue weighted by atomic mass is 16.4. The monoisotopic (exact) mass is 303 g/mol. The fraction of sp³-hybridized carbons (Fsp3) is 0.647. The summed E-state index contributed by atoms with van der Waals surface area (Å²) in [7, 11) is 0. The molecule has 22 heavy (non-hydrogen) atoms. The highest BCUT2D eigenvalue weighted by Crippen LogP contribution is 2.34. The number of hydrogen-bond donors (Lipinski definition) is 1. The van der Waals surface area contributed by atoms with Crippen LogP contribution in [0.5, 0.6) is 0 Å². The summed E-state index contributed by atoms with van der Waals surface area (Å²) in [5.41, 5.74) is 1.71. The molecule has 120 valence electrons. The molecule has 3 unspecified atom stereocenters. The van der Waals surface area contributed by atoms with Gasteiger partial charge in [-0.05, 0) is 44.4 Å². The van der Waals surface area contributed by atoms with Crippen LogP contribution in [0.25, 0.3) is 0 Å². The molecular weight excluding hydrogens is 278 g/mol. The zero-order valence-corrected chi connectivity index (χ0v) is 13.4. The van der Waals surface area contributed by atoms with Crippen LogP contribution in [0.2, 0.25) is 0 Å². The van der Waals surface area contributed by atoms with Gasteiger partial charge in [0, 0.05) is 37.1 Å². The van der Waals surface area contributed by atoms with Crippen LogP contribution < -0.4 is 0 Å². The molecule has 0 amide bonds. The Morgan fingerprint density at radius 1 is 1.41 bits per heavy atom. The van der Waals surface area contributed by atoms with E-state index in [1.807, 2.05) is 19.1 Å². The van der Waals surface area contributed by atoms with Gasteiger partial charge in [-0.2, -0.15) is 0 Å². The van der Waals surface area contributed by atoms with E-state index in [4.69, 9.17) is 0 Å². The summed E-state index contributed by atoms with van der Waals surface area (Å²) in [6.45, 7) is 7.06. The Hall–Kier alpha value is -1.46. The lowest BCUT2D eigenvalue weighted by molar-refractivity contribution is -0.146. The Morgan fingerprint density at radius 3 is 2.86 bits per heavy atom. The van der Waals surface area contributed by atoms with Gasteiger partial charge in [0.05, 0.1) is 0 Å². The van der Waals surface area contributed by atoms with Crippen LogP contribution in [-0.4, -0.2) is 57.6 Å². The lowest BCUT2D eigenvalue weighted by Gasteiger charge is -2.46. The van der Waals surface area contributed by atoms with E-state index in [1.165, 1.54) is 19.4 Å². The second kappa shape index (κ2) is 6.34. The molecule has 1 aromatic heterocycles. The fourth-order valence-electron chi connectivity index (χ4n) is 4.14. The third kappa shape index (κ3) is 2.75. The molecule has 0 saturated carbocycles. The number of aliphatic carboxylic acids is 1. The average Bonchev–Trinajstić information content (AvgIpc) is 2.97. The largest absolute Gasteiger partial charge is 0.480 e. The van der Waals surface area contributed by atoms with E-state index < -0.39 is 12.0 Å². The van der Waals surface area contributed by atoms with E-state index >= 15 is 0 Å². The maximum Gasteiger partial charge on any atom is 0.325 e. The molecule has 0 bridgehead atoms. The molecule has 1 N–H and O–H groups in total. The Bertz CT molecular complexity index is 531. The smallest absolute Gasteiger partial charge is 0.325 e. The highest BCUT2D eigenvalue weighted by Gasteiger charge is 2.42. The molecular formula is C17H25N3O2. The summed E-state index contributed by atoms with van der Waals surface area (Å²) in [6, 6.07) is 4.06. The number of pyridine rings is 1. The van der Waals surface area contributed by atoms with Crippen LogP contribution in [0.15, 0.2) is 18.3 Å². The molecule has 0 aliphatic carbocycles. The van der Waals surface area contributed by atoms with Crippen molar-refractivity contribution in [3.63, 3.8) is 0 Å². The van der Waals surface area contributed by atoms with Crippen LogP contribution in [0.4, 0.5) is 0 Å². The number of fused-ring (bicyclic) bond motifs is 1. The van der Waals surface area contributed by atoms with Crippen LogP contribution in [0, 0.1) is 6.92 Å². The highest BCUT2D eigenvalue weighted by molar-refractivity contribution is 5.75. The molecule has 0 aromatic carbocycles. The van der Waals surface area contributed by atoms with E-state index in [9.17, 15) is 9.90 Å². The maximum absolute atomic E-state index is 12.0. The van der Waals surface area contributed by atoms with Gasteiger partial charge in [0.25, 0.3) is 0 Å². The van der Waals surface area contributed by atoms with Crippen molar-refractivity contribution < 1.29 is 9.90 Å². The predicted octanol–water partition coefficient (Wildman–Crippen LogP) is 2.07. The van der Waals surface area contributed by atoms with E-state index in [-0.39, 0.29) is 0 Å². The average molecular weight is 303 g/mol. The SMILES string of the molecule is CCC1C2CCCN2CCN1C(C(=O)O)c1ccc(C)nc1. The number of carbonyl (C=O) groups is 1. The quantitative estimate of drug-likeness (QED) is 0.923. The van der Waals surface area contributed by atoms with Gasteiger partial charge in [-0.3, -0.25) is 19.6 Å². The lowest BCUT2D eigenvalue weighted by Crippen LogP contribution is -2.58. The zero-order chi connectivity index (χ0) is 15.7. The number of carboxylic acids is 1. The molecule has 0 radical (unpaired) electrons. The molecule has 3 atom stereocenters. The number of carboxylic acid groups (broad SMARTS) is 1.